The Hall–Kier alpha value is -2.04. The summed E-state index contributed by atoms with van der Waals surface area (Å²) in [4.78, 5) is 30.6. The lowest BCUT2D eigenvalue weighted by molar-refractivity contribution is -0.144. The Kier molecular flexibility index (Phi) is 6.54. The number of carbonyl (C=O) groups excluding carboxylic acids is 2. The van der Waals surface area contributed by atoms with Crippen LogP contribution in [0.4, 0.5) is 0 Å². The second kappa shape index (κ2) is 8.96. The van der Waals surface area contributed by atoms with Crippen LogP contribution in [0.2, 0.25) is 0 Å². The summed E-state index contributed by atoms with van der Waals surface area (Å²) in [5.41, 5.74) is 0.428. The first-order valence-electron chi connectivity index (χ1n) is 12.1. The van der Waals surface area contributed by atoms with Gasteiger partial charge in [-0.05, 0) is 32.1 Å². The van der Waals surface area contributed by atoms with E-state index in [1.54, 1.807) is 4.68 Å². The molecule has 0 radical (unpaired) electrons. The van der Waals surface area contributed by atoms with Crippen molar-refractivity contribution in [2.75, 3.05) is 19.6 Å². The van der Waals surface area contributed by atoms with Gasteiger partial charge in [0, 0.05) is 44.2 Å². The number of amides is 2. The van der Waals surface area contributed by atoms with Gasteiger partial charge in [0.25, 0.3) is 0 Å². The molecule has 3 heterocycles. The summed E-state index contributed by atoms with van der Waals surface area (Å²) >= 11 is 0. The Morgan fingerprint density at radius 1 is 1.15 bits per heavy atom. The Labute approximate surface area is 195 Å². The van der Waals surface area contributed by atoms with Crippen molar-refractivity contribution in [2.24, 2.45) is 5.41 Å². The predicted octanol–water partition coefficient (Wildman–Crippen LogP) is 0.274. The fourth-order valence-corrected chi connectivity index (χ4v) is 4.98. The van der Waals surface area contributed by atoms with Gasteiger partial charge in [0.15, 0.2) is 0 Å². The van der Waals surface area contributed by atoms with Crippen LogP contribution in [0.15, 0.2) is 6.20 Å². The molecular formula is C23H38N6O4. The van der Waals surface area contributed by atoms with Gasteiger partial charge in [-0.1, -0.05) is 26.0 Å². The second-order valence-corrected chi connectivity index (χ2v) is 11.3. The summed E-state index contributed by atoms with van der Waals surface area (Å²) in [5, 5.41) is 32.3. The Bertz CT molecular complexity index is 877. The van der Waals surface area contributed by atoms with Gasteiger partial charge in [0.2, 0.25) is 11.8 Å². The van der Waals surface area contributed by atoms with Crippen LogP contribution in [-0.4, -0.2) is 96.8 Å². The minimum absolute atomic E-state index is 0.0962. The lowest BCUT2D eigenvalue weighted by Gasteiger charge is -2.35. The molecule has 3 fully saturated rings. The number of hydrogen-bond acceptors (Lipinski definition) is 7. The molecule has 0 aromatic carbocycles. The molecule has 4 rings (SSSR count). The number of rotatable bonds is 6. The summed E-state index contributed by atoms with van der Waals surface area (Å²) in [6, 6.07) is -1.57. The predicted molar refractivity (Wildman–Crippen MR) is 121 cm³/mol. The van der Waals surface area contributed by atoms with Gasteiger partial charge in [-0.2, -0.15) is 0 Å². The molecule has 3 N–H and O–H groups in total. The highest BCUT2D eigenvalue weighted by molar-refractivity contribution is 5.90. The first kappa shape index (κ1) is 24.1. The van der Waals surface area contributed by atoms with E-state index in [0.717, 1.165) is 18.5 Å². The van der Waals surface area contributed by atoms with Gasteiger partial charge in [0.1, 0.15) is 12.1 Å². The molecule has 0 bridgehead atoms. The first-order valence-corrected chi connectivity index (χ1v) is 12.1. The molecular weight excluding hydrogens is 424 g/mol. The molecule has 2 unspecified atom stereocenters. The summed E-state index contributed by atoms with van der Waals surface area (Å²) in [6.45, 7) is 11.1. The van der Waals surface area contributed by atoms with Crippen molar-refractivity contribution in [3.8, 4) is 0 Å². The third-order valence-electron chi connectivity index (χ3n) is 7.08. The smallest absolute Gasteiger partial charge is 0.248 e. The minimum Gasteiger partial charge on any atom is -0.391 e. The SMILES string of the molecule is CC(C)N1C[C@@H](O)[C@H](NC(=O)C2CC(O)CN2C(=O)[C@@H](n2cc(C3CC3)nn2)C(C)(C)C)C1. The third kappa shape index (κ3) is 5.07. The van der Waals surface area contributed by atoms with E-state index in [2.05, 4.69) is 34.4 Å². The summed E-state index contributed by atoms with van der Waals surface area (Å²) < 4.78 is 1.62. The van der Waals surface area contributed by atoms with Crippen molar-refractivity contribution >= 4 is 11.8 Å². The van der Waals surface area contributed by atoms with E-state index in [1.165, 1.54) is 4.90 Å². The number of aliphatic hydroxyl groups excluding tert-OH is 2. The Morgan fingerprint density at radius 2 is 1.85 bits per heavy atom. The molecule has 0 spiro atoms. The van der Waals surface area contributed by atoms with Crippen molar-refractivity contribution in [2.45, 2.75) is 96.2 Å². The van der Waals surface area contributed by atoms with Crippen LogP contribution in [-0.2, 0) is 9.59 Å². The zero-order valence-electron chi connectivity index (χ0n) is 20.3. The highest BCUT2D eigenvalue weighted by Crippen LogP contribution is 2.40. The van der Waals surface area contributed by atoms with E-state index in [-0.39, 0.29) is 30.8 Å². The van der Waals surface area contributed by atoms with E-state index in [9.17, 15) is 19.8 Å². The molecule has 3 aliphatic rings. The van der Waals surface area contributed by atoms with E-state index < -0.39 is 35.7 Å². The van der Waals surface area contributed by atoms with Crippen molar-refractivity contribution in [3.05, 3.63) is 11.9 Å². The molecule has 5 atom stereocenters. The fraction of sp³-hybridized carbons (Fsp3) is 0.826. The molecule has 33 heavy (non-hydrogen) atoms. The maximum atomic E-state index is 13.8. The second-order valence-electron chi connectivity index (χ2n) is 11.3. The molecule has 10 heteroatoms. The van der Waals surface area contributed by atoms with Crippen LogP contribution in [0.25, 0.3) is 0 Å². The fourth-order valence-electron chi connectivity index (χ4n) is 4.98. The summed E-state index contributed by atoms with van der Waals surface area (Å²) in [7, 11) is 0. The van der Waals surface area contributed by atoms with Crippen LogP contribution >= 0.6 is 0 Å². The number of nitrogens with one attached hydrogen (secondary N) is 1. The number of hydrogen-bond donors (Lipinski definition) is 3. The molecule has 1 aliphatic carbocycles. The molecule has 2 amide bonds. The molecule has 1 saturated carbocycles. The van der Waals surface area contributed by atoms with Crippen LogP contribution in [0, 0.1) is 5.41 Å². The highest BCUT2D eigenvalue weighted by atomic mass is 16.3. The van der Waals surface area contributed by atoms with Gasteiger partial charge < -0.3 is 20.4 Å². The van der Waals surface area contributed by atoms with Gasteiger partial charge >= 0.3 is 0 Å². The maximum Gasteiger partial charge on any atom is 0.248 e. The summed E-state index contributed by atoms with van der Waals surface area (Å²) in [6.07, 6.45) is 2.77. The Balaban J connectivity index is 1.51. The van der Waals surface area contributed by atoms with Crippen molar-refractivity contribution < 1.29 is 19.8 Å². The molecule has 2 aliphatic heterocycles. The number of nitrogens with zero attached hydrogens (tertiary/aromatic N) is 5. The Morgan fingerprint density at radius 3 is 2.42 bits per heavy atom. The molecule has 1 aromatic heterocycles. The average molecular weight is 463 g/mol. The van der Waals surface area contributed by atoms with Crippen LogP contribution < -0.4 is 5.32 Å². The number of β-amino-alcohol motifs (C(OH)–C–C–N with tert-alkyl or cyclic N) is 2. The van der Waals surface area contributed by atoms with Crippen LogP contribution in [0.5, 0.6) is 0 Å². The highest BCUT2D eigenvalue weighted by Gasteiger charge is 2.46. The first-order chi connectivity index (χ1) is 15.5. The van der Waals surface area contributed by atoms with Crippen LogP contribution in [0.1, 0.15) is 71.5 Å². The third-order valence-corrected chi connectivity index (χ3v) is 7.08. The van der Waals surface area contributed by atoms with Crippen molar-refractivity contribution in [1.29, 1.82) is 0 Å². The van der Waals surface area contributed by atoms with Crippen molar-refractivity contribution in [3.63, 3.8) is 0 Å². The lowest BCUT2D eigenvalue weighted by Crippen LogP contribution is -2.53. The van der Waals surface area contributed by atoms with Crippen LogP contribution in [0.3, 0.4) is 0 Å². The minimum atomic E-state index is -0.788. The summed E-state index contributed by atoms with van der Waals surface area (Å²) in [5.74, 6) is -0.161. The quantitative estimate of drug-likeness (QED) is 0.555. The van der Waals surface area contributed by atoms with Gasteiger partial charge in [-0.15, -0.1) is 5.10 Å². The normalized spacial score (nSPS) is 29.6. The zero-order chi connectivity index (χ0) is 24.1. The van der Waals surface area contributed by atoms with E-state index in [4.69, 9.17) is 0 Å². The van der Waals surface area contributed by atoms with Crippen molar-refractivity contribution in [1.82, 2.24) is 30.1 Å². The van der Waals surface area contributed by atoms with Gasteiger partial charge in [-0.3, -0.25) is 14.5 Å². The molecule has 1 aromatic rings. The number of carbonyl (C=O) groups is 2. The monoisotopic (exact) mass is 462 g/mol. The average Bonchev–Trinajstić information content (AvgIpc) is 3.13. The molecule has 2 saturated heterocycles. The van der Waals surface area contributed by atoms with E-state index in [0.29, 0.717) is 19.0 Å². The number of likely N-dealkylation sites (tertiary alicyclic amines) is 2. The van der Waals surface area contributed by atoms with E-state index in [1.807, 2.05) is 27.0 Å². The number of aromatic nitrogens is 3. The molecule has 184 valence electrons. The largest absolute Gasteiger partial charge is 0.391 e. The standard InChI is InChI=1S/C23H38N6O4/c1-13(2)27-10-17(19(31)12-27)24-21(32)18-8-15(30)9-28(18)22(33)20(23(3,4)5)29-11-16(25-26-29)14-6-7-14/h11,13-15,17-20,30-31H,6-10,12H2,1-5H3,(H,24,32)/t15?,17-,18?,19-,20-/m1/s1. The van der Waals surface area contributed by atoms with Gasteiger partial charge in [0.05, 0.1) is 23.9 Å². The van der Waals surface area contributed by atoms with E-state index >= 15 is 0 Å². The lowest BCUT2D eigenvalue weighted by atomic mass is 9.85. The number of aliphatic hydroxyl groups is 2. The maximum absolute atomic E-state index is 13.8. The topological polar surface area (TPSA) is 124 Å². The molecule has 10 nitrogen and oxygen atoms in total. The van der Waals surface area contributed by atoms with Gasteiger partial charge in [-0.25, -0.2) is 4.68 Å². The zero-order valence-corrected chi connectivity index (χ0v) is 20.3.